The number of amides is 3. The molecule has 2 N–H and O–H groups in total. The molecular weight excluding hydrogens is 120 g/mol. The van der Waals surface area contributed by atoms with E-state index >= 15 is 0 Å². The van der Waals surface area contributed by atoms with Crippen LogP contribution in [0.25, 0.3) is 0 Å². The van der Waals surface area contributed by atoms with Gasteiger partial charge in [-0.3, -0.25) is 10.1 Å². The average molecular weight is 129 g/mol. The Bertz CT molecular complexity index is 202. The molecule has 3 amide bonds. The van der Waals surface area contributed by atoms with Gasteiger partial charge in [0.25, 0.3) is 5.91 Å². The highest BCUT2D eigenvalue weighted by Crippen LogP contribution is 2.05. The van der Waals surface area contributed by atoms with E-state index in [1.807, 2.05) is 5.32 Å². The van der Waals surface area contributed by atoms with E-state index in [0.717, 1.165) is 0 Å². The summed E-state index contributed by atoms with van der Waals surface area (Å²) in [6.45, 7) is 3.03. The van der Waals surface area contributed by atoms with E-state index < -0.39 is 17.5 Å². The number of nitrogens with one attached hydrogen (secondary N) is 2. The Morgan fingerprint density at radius 2 is 2.11 bits per heavy atom. The molecule has 1 aliphatic heterocycles. The summed E-state index contributed by atoms with van der Waals surface area (Å²) in [7, 11) is 0. The number of hydrogen-bond donors (Lipinski definition) is 2. The van der Waals surface area contributed by atoms with Gasteiger partial charge in [0, 0.05) is 0 Å². The molecule has 0 unspecified atom stereocenters. The van der Waals surface area contributed by atoms with Crippen molar-refractivity contribution in [2.24, 2.45) is 0 Å². The van der Waals surface area contributed by atoms with Gasteiger partial charge < -0.3 is 5.31 Å². The van der Waals surface area contributed by atoms with Gasteiger partial charge in [-0.1, -0.05) is 0 Å². The van der Waals surface area contributed by atoms with Gasteiger partial charge in [-0.05, 0) is 13.8 Å². The van der Waals surface area contributed by atoms with Gasteiger partial charge >= 0.3 is 6.03 Å². The minimum atomic E-state index is -1.02. The lowest BCUT2D eigenvalue weighted by molar-refractivity contribution is -0.122. The van der Waals surface area contributed by atoms with Crippen LogP contribution in [0.3, 0.4) is 0 Å². The van der Waals surface area contributed by atoms with Gasteiger partial charge in [0.05, 0.1) is 0 Å². The van der Waals surface area contributed by atoms with Crippen molar-refractivity contribution in [2.75, 3.05) is 0 Å². The Kier molecular flexibility index (Phi) is 0.777. The average Bonchev–Trinajstić information content (AvgIpc) is 1.97. The fourth-order valence-corrected chi connectivity index (χ4v) is 0.583. The molecule has 1 saturated heterocycles. The number of imide groups is 1. The summed E-state index contributed by atoms with van der Waals surface area (Å²) in [4.78, 5) is 21.4. The summed E-state index contributed by atoms with van der Waals surface area (Å²) < 4.78 is 7.07. The van der Waals surface area contributed by atoms with E-state index in [4.69, 9.17) is 1.41 Å². The third-order valence-electron chi connectivity index (χ3n) is 1.16. The fraction of sp³-hybridized carbons (Fsp3) is 0.600. The Balaban J connectivity index is 2.96. The molecule has 4 heteroatoms. The van der Waals surface area contributed by atoms with E-state index in [1.54, 1.807) is 0 Å². The van der Waals surface area contributed by atoms with Crippen LogP contribution in [0, 0.1) is 0 Å². The molecule has 0 aromatic carbocycles. The molecule has 1 aliphatic rings. The molecule has 0 saturated carbocycles. The normalized spacial score (nSPS) is 26.0. The summed E-state index contributed by atoms with van der Waals surface area (Å²) in [5.41, 5.74) is -1.02. The fourth-order valence-electron chi connectivity index (χ4n) is 0.583. The SMILES string of the molecule is [2H]N1C(=O)NC(=O)C1(C)C. The Morgan fingerprint density at radius 1 is 1.56 bits per heavy atom. The van der Waals surface area contributed by atoms with Gasteiger partial charge in [-0.15, -0.1) is 0 Å². The van der Waals surface area contributed by atoms with Crippen LogP contribution in [0.15, 0.2) is 0 Å². The van der Waals surface area contributed by atoms with Crippen molar-refractivity contribution in [1.82, 2.24) is 10.6 Å². The van der Waals surface area contributed by atoms with Gasteiger partial charge in [-0.2, -0.15) is 0 Å². The Labute approximate surface area is 54.1 Å². The van der Waals surface area contributed by atoms with Gasteiger partial charge in [0.2, 0.25) is 0 Å². The Hall–Kier alpha value is -1.06. The van der Waals surface area contributed by atoms with Crippen LogP contribution in [0.4, 0.5) is 4.79 Å². The zero-order valence-corrected chi connectivity index (χ0v) is 5.26. The summed E-state index contributed by atoms with van der Waals surface area (Å²) >= 11 is 0. The third-order valence-corrected chi connectivity index (χ3v) is 1.16. The second kappa shape index (κ2) is 1.46. The minimum absolute atomic E-state index is 0.424. The Morgan fingerprint density at radius 3 is 2.22 bits per heavy atom. The van der Waals surface area contributed by atoms with Gasteiger partial charge in [0.15, 0.2) is 1.41 Å². The maximum atomic E-state index is 10.8. The maximum Gasteiger partial charge on any atom is 0.322 e. The summed E-state index contributed by atoms with van der Waals surface area (Å²) in [6, 6.07) is -0.657. The van der Waals surface area contributed by atoms with Crippen molar-refractivity contribution in [3.63, 3.8) is 0 Å². The lowest BCUT2D eigenvalue weighted by atomic mass is 10.1. The molecule has 9 heavy (non-hydrogen) atoms. The van der Waals surface area contributed by atoms with Gasteiger partial charge in [0.1, 0.15) is 5.54 Å². The highest BCUT2D eigenvalue weighted by atomic mass is 16.2. The molecule has 1 heterocycles. The summed E-state index contributed by atoms with van der Waals surface area (Å²) in [5, 5.41) is 2.65. The van der Waals surface area contributed by atoms with Crippen molar-refractivity contribution in [3.05, 3.63) is 0 Å². The van der Waals surface area contributed by atoms with E-state index in [0.29, 0.717) is 5.31 Å². The van der Waals surface area contributed by atoms with Crippen LogP contribution < -0.4 is 10.6 Å². The van der Waals surface area contributed by atoms with E-state index in [-0.39, 0.29) is 0 Å². The molecule has 0 aromatic rings. The molecule has 0 radical (unpaired) electrons. The zero-order valence-electron chi connectivity index (χ0n) is 6.26. The zero-order chi connectivity index (χ0) is 7.94. The second-order valence-electron chi connectivity index (χ2n) is 2.43. The summed E-state index contributed by atoms with van der Waals surface area (Å²) in [5.74, 6) is -0.424. The van der Waals surface area contributed by atoms with Crippen molar-refractivity contribution in [1.29, 1.82) is 0 Å². The molecule has 4 nitrogen and oxygen atoms in total. The first-order valence-electron chi connectivity index (χ1n) is 3.05. The molecule has 0 spiro atoms. The molecule has 1 rings (SSSR count). The first-order valence-corrected chi connectivity index (χ1v) is 2.61. The van der Waals surface area contributed by atoms with E-state index in [1.165, 1.54) is 13.8 Å². The van der Waals surface area contributed by atoms with Crippen molar-refractivity contribution < 1.29 is 11.0 Å². The van der Waals surface area contributed by atoms with Crippen LogP contribution in [0.1, 0.15) is 13.8 Å². The standard InChI is InChI=1S/C5H8N2O2/c1-5(2)3(8)6-4(9)7-5/h1-2H3,(H2,6,7,8,9)/i/hD. The first kappa shape index (κ1) is 4.78. The monoisotopic (exact) mass is 129 g/mol. The molecule has 1 fully saturated rings. The molecular formula is C5H8N2O2. The number of hydrogen-bond acceptors (Lipinski definition) is 2. The van der Waals surface area contributed by atoms with Crippen LogP contribution >= 0.6 is 0 Å². The van der Waals surface area contributed by atoms with Crippen molar-refractivity contribution in [2.45, 2.75) is 19.4 Å². The number of carbonyl (C=O) groups excluding carboxylic acids is 2. The van der Waals surface area contributed by atoms with Crippen LogP contribution in [-0.2, 0) is 4.79 Å². The first-order chi connectivity index (χ1) is 4.46. The quantitative estimate of drug-likeness (QED) is 0.437. The molecule has 0 aliphatic carbocycles. The van der Waals surface area contributed by atoms with E-state index in [2.05, 4.69) is 0 Å². The van der Waals surface area contributed by atoms with Crippen LogP contribution in [0.5, 0.6) is 0 Å². The number of urea groups is 1. The van der Waals surface area contributed by atoms with Crippen LogP contribution in [0.2, 0.25) is 1.41 Å². The highest BCUT2D eigenvalue weighted by molar-refractivity contribution is 6.06. The largest absolute Gasteiger partial charge is 0.324 e. The van der Waals surface area contributed by atoms with Gasteiger partial charge in [-0.25, -0.2) is 4.79 Å². The van der Waals surface area contributed by atoms with Crippen molar-refractivity contribution in [3.8, 4) is 0 Å². The topological polar surface area (TPSA) is 58.2 Å². The lowest BCUT2D eigenvalue weighted by Crippen LogP contribution is -2.39. The number of rotatable bonds is 0. The maximum absolute atomic E-state index is 10.8. The van der Waals surface area contributed by atoms with Crippen LogP contribution in [-0.4, -0.2) is 17.5 Å². The lowest BCUT2D eigenvalue weighted by Gasteiger charge is -2.11. The summed E-state index contributed by atoms with van der Waals surface area (Å²) in [6.07, 6.45) is 0. The number of carbonyl (C=O) groups is 2. The van der Waals surface area contributed by atoms with Crippen molar-refractivity contribution >= 4 is 11.9 Å². The van der Waals surface area contributed by atoms with E-state index in [9.17, 15) is 9.59 Å². The smallest absolute Gasteiger partial charge is 0.322 e. The third kappa shape index (κ3) is 0.872. The predicted molar refractivity (Wildman–Crippen MR) is 30.8 cm³/mol. The minimum Gasteiger partial charge on any atom is -0.324 e. The molecule has 50 valence electrons. The predicted octanol–water partition coefficient (Wildman–Crippen LogP) is -0.396. The molecule has 0 atom stereocenters. The highest BCUT2D eigenvalue weighted by Gasteiger charge is 2.36. The molecule has 0 aromatic heterocycles. The second-order valence-corrected chi connectivity index (χ2v) is 2.43. The molecule has 0 bridgehead atoms.